The highest BCUT2D eigenvalue weighted by atomic mass is 79.9. The van der Waals surface area contributed by atoms with E-state index in [2.05, 4.69) is 29.1 Å². The minimum atomic E-state index is -4.53. The molecule has 0 aliphatic rings. The Morgan fingerprint density at radius 2 is 1.22 bits per heavy atom. The molecule has 0 aromatic heterocycles. The minimum absolute atomic E-state index is 0.115. The second kappa shape index (κ2) is 12.6. The molecule has 0 aliphatic heterocycles. The predicted octanol–water partition coefficient (Wildman–Crippen LogP) is 6.67. The smallest absolute Gasteiger partial charge is 0.423 e. The highest BCUT2D eigenvalue weighted by molar-refractivity contribution is 9.11. The Bertz CT molecular complexity index is 950. The molecule has 176 valence electrons. The standard InChI is InChI=1S/C9H5ClF4.C6H5BClFO2.C3H2BrF3/c1-5(9(12,13)14)6-2-3-8(11)7(10)4-6;8-5-3-4(7(10)11)1-2-6(5)9;1-2(4)3(5,6)7/h2-4H,1H2;1-3,10-11H;1H2. The molecular weight excluding hydrogens is 562 g/mol. The predicted molar refractivity (Wildman–Crippen MR) is 112 cm³/mol. The summed E-state index contributed by atoms with van der Waals surface area (Å²) >= 11 is 12.9. The van der Waals surface area contributed by atoms with Crippen LogP contribution in [0.15, 0.2) is 54.0 Å². The summed E-state index contributed by atoms with van der Waals surface area (Å²) < 4.78 is 93.6. The van der Waals surface area contributed by atoms with E-state index in [0.717, 1.165) is 24.3 Å². The van der Waals surface area contributed by atoms with Crippen LogP contribution < -0.4 is 5.46 Å². The molecule has 2 N–H and O–H groups in total. The fourth-order valence-electron chi connectivity index (χ4n) is 1.52. The van der Waals surface area contributed by atoms with Crippen molar-refractivity contribution in [2.75, 3.05) is 0 Å². The number of allylic oxidation sites excluding steroid dienone is 2. The summed E-state index contributed by atoms with van der Waals surface area (Å²) in [6.45, 7) is 5.48. The van der Waals surface area contributed by atoms with Crippen molar-refractivity contribution in [1.82, 2.24) is 0 Å². The maximum absolute atomic E-state index is 12.6. The Labute approximate surface area is 196 Å². The third-order valence-electron chi connectivity index (χ3n) is 3.16. The fraction of sp³-hybridized carbons (Fsp3) is 0.111. The lowest BCUT2D eigenvalue weighted by molar-refractivity contribution is -0.0825. The van der Waals surface area contributed by atoms with Gasteiger partial charge in [0.1, 0.15) is 11.6 Å². The summed E-state index contributed by atoms with van der Waals surface area (Å²) in [6.07, 6.45) is -8.80. The van der Waals surface area contributed by atoms with Gasteiger partial charge in [-0.25, -0.2) is 8.78 Å². The maximum Gasteiger partial charge on any atom is 0.488 e. The molecule has 2 aromatic rings. The van der Waals surface area contributed by atoms with Crippen molar-refractivity contribution in [3.05, 3.63) is 81.3 Å². The molecule has 0 amide bonds. The lowest BCUT2D eigenvalue weighted by Crippen LogP contribution is -2.29. The van der Waals surface area contributed by atoms with Crippen molar-refractivity contribution in [3.63, 3.8) is 0 Å². The molecule has 32 heavy (non-hydrogen) atoms. The zero-order chi connectivity index (χ0) is 25.4. The van der Waals surface area contributed by atoms with Gasteiger partial charge < -0.3 is 10.0 Å². The molecule has 0 fully saturated rings. The largest absolute Gasteiger partial charge is 0.488 e. The van der Waals surface area contributed by atoms with Gasteiger partial charge in [0.2, 0.25) is 0 Å². The van der Waals surface area contributed by atoms with Gasteiger partial charge in [0.15, 0.2) is 0 Å². The number of alkyl halides is 6. The van der Waals surface area contributed by atoms with E-state index in [9.17, 15) is 35.1 Å². The molecule has 2 aromatic carbocycles. The molecule has 2 nitrogen and oxygen atoms in total. The Morgan fingerprint density at radius 3 is 1.53 bits per heavy atom. The van der Waals surface area contributed by atoms with Gasteiger partial charge in [0, 0.05) is 0 Å². The Balaban J connectivity index is 0.000000478. The Hall–Kier alpha value is -1.60. The SMILES string of the molecule is C=C(Br)C(F)(F)F.C=C(c1ccc(F)c(Cl)c1)C(F)(F)F.OB(O)c1ccc(F)c(Cl)c1. The van der Waals surface area contributed by atoms with Crippen molar-refractivity contribution in [2.45, 2.75) is 12.4 Å². The summed E-state index contributed by atoms with van der Waals surface area (Å²) in [7, 11) is -1.60. The summed E-state index contributed by atoms with van der Waals surface area (Å²) in [4.78, 5) is 0. The van der Waals surface area contributed by atoms with Crippen LogP contribution in [0, 0.1) is 11.6 Å². The molecular formula is C18H12BBrCl2F8O2. The van der Waals surface area contributed by atoms with Gasteiger partial charge in [-0.3, -0.25) is 0 Å². The first-order valence-corrected chi connectivity index (χ1v) is 9.37. The molecule has 0 saturated carbocycles. The lowest BCUT2D eigenvalue weighted by Gasteiger charge is -2.10. The Morgan fingerprint density at radius 1 is 0.812 bits per heavy atom. The summed E-state index contributed by atoms with van der Waals surface area (Å²) in [5, 5.41) is 16.8. The van der Waals surface area contributed by atoms with Gasteiger partial charge in [-0.15, -0.1) is 0 Å². The molecule has 0 spiro atoms. The van der Waals surface area contributed by atoms with Crippen LogP contribution in [-0.4, -0.2) is 29.5 Å². The number of halogens is 11. The average Bonchev–Trinajstić information content (AvgIpc) is 2.65. The minimum Gasteiger partial charge on any atom is -0.423 e. The van der Waals surface area contributed by atoms with E-state index in [1.165, 1.54) is 12.1 Å². The third-order valence-corrected chi connectivity index (χ3v) is 4.19. The molecule has 0 aliphatic carbocycles. The van der Waals surface area contributed by atoms with Crippen molar-refractivity contribution >= 4 is 57.3 Å². The van der Waals surface area contributed by atoms with Gasteiger partial charge >= 0.3 is 19.5 Å². The van der Waals surface area contributed by atoms with E-state index >= 15 is 0 Å². The van der Waals surface area contributed by atoms with Gasteiger partial charge in [0.25, 0.3) is 0 Å². The fourth-order valence-corrected chi connectivity index (χ4v) is 1.89. The molecule has 0 unspecified atom stereocenters. The number of benzene rings is 2. The Kier molecular flexibility index (Phi) is 12.0. The van der Waals surface area contributed by atoms with Gasteiger partial charge in [-0.2, -0.15) is 26.3 Å². The van der Waals surface area contributed by atoms with E-state index in [1.54, 1.807) is 0 Å². The number of hydrogen-bond acceptors (Lipinski definition) is 2. The van der Waals surface area contributed by atoms with Crippen LogP contribution in [0.3, 0.4) is 0 Å². The quantitative estimate of drug-likeness (QED) is 0.311. The van der Waals surface area contributed by atoms with Crippen LogP contribution in [0.5, 0.6) is 0 Å². The first-order valence-electron chi connectivity index (χ1n) is 7.82. The monoisotopic (exact) mass is 572 g/mol. The van der Waals surface area contributed by atoms with Crippen LogP contribution in [0.2, 0.25) is 10.0 Å². The number of rotatable bonds is 2. The molecule has 0 radical (unpaired) electrons. The molecule has 14 heteroatoms. The van der Waals surface area contributed by atoms with Crippen molar-refractivity contribution in [3.8, 4) is 0 Å². The van der Waals surface area contributed by atoms with Crippen LogP contribution in [-0.2, 0) is 0 Å². The summed E-state index contributed by atoms with van der Waals surface area (Å²) in [5.41, 5.74) is -1.10. The highest BCUT2D eigenvalue weighted by Gasteiger charge is 2.33. The number of hydrogen-bond donors (Lipinski definition) is 2. The first-order chi connectivity index (χ1) is 14.4. The van der Waals surface area contributed by atoms with Crippen LogP contribution >= 0.6 is 39.1 Å². The topological polar surface area (TPSA) is 40.5 Å². The van der Waals surface area contributed by atoms with Gasteiger partial charge in [-0.05, 0) is 51.2 Å². The third kappa shape index (κ3) is 10.8. The maximum atomic E-state index is 12.6. The summed E-state index contributed by atoms with van der Waals surface area (Å²) in [5.74, 6) is -1.33. The average molecular weight is 574 g/mol. The summed E-state index contributed by atoms with van der Waals surface area (Å²) in [6, 6.07) is 6.25. The lowest BCUT2D eigenvalue weighted by atomic mass is 9.80. The van der Waals surface area contributed by atoms with Crippen LogP contribution in [0.4, 0.5) is 35.1 Å². The van der Waals surface area contributed by atoms with E-state index < -0.39 is 41.2 Å². The second-order valence-corrected chi connectivity index (χ2v) is 7.33. The van der Waals surface area contributed by atoms with Crippen LogP contribution in [0.1, 0.15) is 5.56 Å². The molecule has 0 heterocycles. The zero-order valence-electron chi connectivity index (χ0n) is 15.5. The molecule has 0 atom stereocenters. The highest BCUT2D eigenvalue weighted by Crippen LogP contribution is 2.33. The zero-order valence-corrected chi connectivity index (χ0v) is 18.6. The van der Waals surface area contributed by atoms with Crippen LogP contribution in [0.25, 0.3) is 5.57 Å². The van der Waals surface area contributed by atoms with E-state index in [4.69, 9.17) is 33.2 Å². The van der Waals surface area contributed by atoms with Crippen molar-refractivity contribution < 1.29 is 45.2 Å². The second-order valence-electron chi connectivity index (χ2n) is 5.56. The normalized spacial score (nSPS) is 10.9. The van der Waals surface area contributed by atoms with E-state index in [0.29, 0.717) is 0 Å². The molecule has 0 bridgehead atoms. The van der Waals surface area contributed by atoms with Gasteiger partial charge in [-0.1, -0.05) is 48.5 Å². The molecule has 2 rings (SSSR count). The molecule has 0 saturated heterocycles. The van der Waals surface area contributed by atoms with Crippen molar-refractivity contribution in [1.29, 1.82) is 0 Å². The van der Waals surface area contributed by atoms with Crippen molar-refractivity contribution in [2.24, 2.45) is 0 Å². The van der Waals surface area contributed by atoms with E-state index in [-0.39, 0.29) is 21.1 Å². The first kappa shape index (κ1) is 30.4. The van der Waals surface area contributed by atoms with E-state index in [1.807, 2.05) is 0 Å². The van der Waals surface area contributed by atoms with Gasteiger partial charge in [0.05, 0.1) is 20.1 Å².